The maximum atomic E-state index is 13.6. The molecule has 6 nitrogen and oxygen atoms in total. The number of hydrogen-bond donors (Lipinski definition) is 1. The Morgan fingerprint density at radius 2 is 1.88 bits per heavy atom. The van der Waals surface area contributed by atoms with Crippen molar-refractivity contribution in [3.63, 3.8) is 0 Å². The lowest BCUT2D eigenvalue weighted by molar-refractivity contribution is 0.0526. The molecule has 1 N–H and O–H groups in total. The Bertz CT molecular complexity index is 1180. The molecule has 0 saturated carbocycles. The minimum Gasteiger partial charge on any atom is -0.493 e. The number of benzene rings is 2. The Balaban J connectivity index is 1.76. The van der Waals surface area contributed by atoms with Crippen molar-refractivity contribution in [3.05, 3.63) is 58.0 Å². The second-order valence-electron chi connectivity index (χ2n) is 8.29. The van der Waals surface area contributed by atoms with Gasteiger partial charge >= 0.3 is 5.97 Å². The molecular formula is C26H30N2O4S. The van der Waals surface area contributed by atoms with Gasteiger partial charge in [0.05, 0.1) is 24.3 Å². The number of esters is 1. The first-order valence-corrected chi connectivity index (χ1v) is 12.3. The van der Waals surface area contributed by atoms with E-state index in [2.05, 4.69) is 24.1 Å². The predicted octanol–water partition coefficient (Wildman–Crippen LogP) is 5.50. The van der Waals surface area contributed by atoms with Gasteiger partial charge in [0.25, 0.3) is 5.91 Å². The van der Waals surface area contributed by atoms with Gasteiger partial charge in [-0.3, -0.25) is 9.69 Å². The quantitative estimate of drug-likeness (QED) is 0.466. The smallest absolute Gasteiger partial charge is 0.341 e. The number of hydrogen-bond acceptors (Lipinski definition) is 6. The van der Waals surface area contributed by atoms with Crippen LogP contribution in [0.15, 0.2) is 36.4 Å². The molecule has 1 aliphatic heterocycles. The van der Waals surface area contributed by atoms with Gasteiger partial charge < -0.3 is 14.8 Å². The van der Waals surface area contributed by atoms with Crippen molar-refractivity contribution < 1.29 is 19.1 Å². The Labute approximate surface area is 198 Å². The molecule has 2 aromatic carbocycles. The van der Waals surface area contributed by atoms with E-state index in [-0.39, 0.29) is 18.5 Å². The first-order valence-electron chi connectivity index (χ1n) is 11.5. The zero-order chi connectivity index (χ0) is 23.5. The molecule has 33 heavy (non-hydrogen) atoms. The normalized spacial score (nSPS) is 13.7. The molecule has 0 radical (unpaired) electrons. The largest absolute Gasteiger partial charge is 0.493 e. The molecule has 0 spiro atoms. The van der Waals surface area contributed by atoms with Gasteiger partial charge in [-0.2, -0.15) is 0 Å². The fraction of sp³-hybridized carbons (Fsp3) is 0.385. The van der Waals surface area contributed by atoms with Gasteiger partial charge in [-0.1, -0.05) is 30.3 Å². The minimum atomic E-state index is -0.383. The summed E-state index contributed by atoms with van der Waals surface area (Å²) >= 11 is 1.47. The van der Waals surface area contributed by atoms with E-state index in [0.29, 0.717) is 34.5 Å². The lowest BCUT2D eigenvalue weighted by atomic mass is 10.0. The standard InChI is InChI=1S/C26H30N2O4S/c1-5-31-20-12-11-17-9-7-8-10-18(17)22(20)24(29)27-25-23(26(30)32-6-2)19-13-14-28(16(3)4)15-21(19)33-25/h7-12,16H,5-6,13-15H2,1-4H3,(H,27,29). The van der Waals surface area contributed by atoms with Crippen LogP contribution in [0, 0.1) is 0 Å². The SMILES string of the molecule is CCOC(=O)c1c(NC(=O)c2c(OCC)ccc3ccccc23)sc2c1CCN(C(C)C)C2. The van der Waals surface area contributed by atoms with Crippen molar-refractivity contribution in [2.24, 2.45) is 0 Å². The average molecular weight is 467 g/mol. The number of amides is 1. The Morgan fingerprint density at radius 3 is 2.61 bits per heavy atom. The molecule has 0 atom stereocenters. The summed E-state index contributed by atoms with van der Waals surface area (Å²) in [6.07, 6.45) is 0.756. The van der Waals surface area contributed by atoms with Crippen LogP contribution in [0.5, 0.6) is 5.75 Å². The lowest BCUT2D eigenvalue weighted by Crippen LogP contribution is -2.35. The van der Waals surface area contributed by atoms with Crippen LogP contribution in [0.2, 0.25) is 0 Å². The Morgan fingerprint density at radius 1 is 1.09 bits per heavy atom. The van der Waals surface area contributed by atoms with E-state index < -0.39 is 0 Å². The summed E-state index contributed by atoms with van der Waals surface area (Å²) in [5.74, 6) is -0.148. The van der Waals surface area contributed by atoms with Crippen LogP contribution in [0.4, 0.5) is 5.00 Å². The van der Waals surface area contributed by atoms with Gasteiger partial charge in [0, 0.05) is 24.0 Å². The highest BCUT2D eigenvalue weighted by molar-refractivity contribution is 7.17. The molecule has 0 fully saturated rings. The molecule has 0 aliphatic carbocycles. The molecule has 1 aliphatic rings. The molecule has 0 unspecified atom stereocenters. The molecule has 2 heterocycles. The third-order valence-corrected chi connectivity index (χ3v) is 7.07. The van der Waals surface area contributed by atoms with Crippen molar-refractivity contribution in [3.8, 4) is 5.75 Å². The zero-order valence-electron chi connectivity index (χ0n) is 19.6. The summed E-state index contributed by atoms with van der Waals surface area (Å²) in [7, 11) is 0. The first-order chi connectivity index (χ1) is 15.9. The minimum absolute atomic E-state index is 0.284. The summed E-state index contributed by atoms with van der Waals surface area (Å²) in [6, 6.07) is 11.9. The summed E-state index contributed by atoms with van der Waals surface area (Å²) in [6.45, 7) is 10.4. The molecule has 0 bridgehead atoms. The molecule has 1 amide bonds. The third-order valence-electron chi connectivity index (χ3n) is 5.94. The number of carbonyl (C=O) groups excluding carboxylic acids is 2. The molecule has 0 saturated heterocycles. The summed E-state index contributed by atoms with van der Waals surface area (Å²) in [5.41, 5.74) is 1.96. The van der Waals surface area contributed by atoms with Crippen molar-refractivity contribution in [1.29, 1.82) is 0 Å². The summed E-state index contributed by atoms with van der Waals surface area (Å²) in [4.78, 5) is 30.0. The van der Waals surface area contributed by atoms with E-state index in [1.807, 2.05) is 43.3 Å². The van der Waals surface area contributed by atoms with Crippen molar-refractivity contribution in [1.82, 2.24) is 4.90 Å². The van der Waals surface area contributed by atoms with Crippen LogP contribution in [0.1, 0.15) is 58.9 Å². The van der Waals surface area contributed by atoms with Crippen LogP contribution in [0.25, 0.3) is 10.8 Å². The number of nitrogens with one attached hydrogen (secondary N) is 1. The number of thiophene rings is 1. The van der Waals surface area contributed by atoms with Gasteiger partial charge in [-0.25, -0.2) is 4.79 Å². The molecule has 174 valence electrons. The third kappa shape index (κ3) is 4.61. The maximum absolute atomic E-state index is 13.6. The molecular weight excluding hydrogens is 436 g/mol. The second-order valence-corrected chi connectivity index (χ2v) is 9.39. The second kappa shape index (κ2) is 9.93. The van der Waals surface area contributed by atoms with E-state index >= 15 is 0 Å². The fourth-order valence-electron chi connectivity index (χ4n) is 4.30. The number of carbonyl (C=O) groups is 2. The number of nitrogens with zero attached hydrogens (tertiary/aromatic N) is 1. The summed E-state index contributed by atoms with van der Waals surface area (Å²) < 4.78 is 11.2. The predicted molar refractivity (Wildman–Crippen MR) is 133 cm³/mol. The number of ether oxygens (including phenoxy) is 2. The number of rotatable bonds is 7. The van der Waals surface area contributed by atoms with E-state index in [0.717, 1.165) is 40.7 Å². The molecule has 7 heteroatoms. The monoisotopic (exact) mass is 466 g/mol. The van der Waals surface area contributed by atoms with E-state index in [4.69, 9.17) is 9.47 Å². The highest BCUT2D eigenvalue weighted by atomic mass is 32.1. The van der Waals surface area contributed by atoms with Crippen molar-refractivity contribution in [2.45, 2.75) is 46.7 Å². The molecule has 4 rings (SSSR count). The van der Waals surface area contributed by atoms with E-state index in [1.165, 1.54) is 11.3 Å². The van der Waals surface area contributed by atoms with Crippen LogP contribution in [-0.2, 0) is 17.7 Å². The highest BCUT2D eigenvalue weighted by Crippen LogP contribution is 2.39. The van der Waals surface area contributed by atoms with Gasteiger partial charge in [-0.05, 0) is 56.5 Å². The highest BCUT2D eigenvalue weighted by Gasteiger charge is 2.31. The van der Waals surface area contributed by atoms with Crippen molar-refractivity contribution >= 4 is 39.0 Å². The van der Waals surface area contributed by atoms with Crippen LogP contribution in [0.3, 0.4) is 0 Å². The fourth-order valence-corrected chi connectivity index (χ4v) is 5.55. The van der Waals surface area contributed by atoms with Gasteiger partial charge in [0.15, 0.2) is 0 Å². The van der Waals surface area contributed by atoms with Crippen LogP contribution >= 0.6 is 11.3 Å². The first kappa shape index (κ1) is 23.3. The Hall–Kier alpha value is -2.90. The topological polar surface area (TPSA) is 67.9 Å². The molecule has 1 aromatic heterocycles. The van der Waals surface area contributed by atoms with E-state index in [9.17, 15) is 9.59 Å². The van der Waals surface area contributed by atoms with Gasteiger partial charge in [-0.15, -0.1) is 11.3 Å². The van der Waals surface area contributed by atoms with Gasteiger partial charge in [0.1, 0.15) is 10.8 Å². The van der Waals surface area contributed by atoms with Gasteiger partial charge in [0.2, 0.25) is 0 Å². The Kier molecular flexibility index (Phi) is 7.00. The maximum Gasteiger partial charge on any atom is 0.341 e. The molecule has 3 aromatic rings. The summed E-state index contributed by atoms with van der Waals surface area (Å²) in [5, 5.41) is 5.35. The lowest BCUT2D eigenvalue weighted by Gasteiger charge is -2.30. The zero-order valence-corrected chi connectivity index (χ0v) is 20.4. The number of anilines is 1. The average Bonchev–Trinajstić information content (AvgIpc) is 3.16. The van der Waals surface area contributed by atoms with Crippen LogP contribution in [-0.4, -0.2) is 42.6 Å². The van der Waals surface area contributed by atoms with Crippen LogP contribution < -0.4 is 10.1 Å². The van der Waals surface area contributed by atoms with Crippen molar-refractivity contribution in [2.75, 3.05) is 25.1 Å². The number of fused-ring (bicyclic) bond motifs is 2. The van der Waals surface area contributed by atoms with E-state index in [1.54, 1.807) is 6.92 Å².